The zero-order chi connectivity index (χ0) is 19.0. The highest BCUT2D eigenvalue weighted by molar-refractivity contribution is 6.05. The molecule has 0 spiro atoms. The highest BCUT2D eigenvalue weighted by Gasteiger charge is 2.12. The Hall–Kier alpha value is -3.54. The molecule has 134 valence electrons. The summed E-state index contributed by atoms with van der Waals surface area (Å²) < 4.78 is 15.6. The van der Waals surface area contributed by atoms with Gasteiger partial charge in [-0.3, -0.25) is 9.20 Å². The normalized spacial score (nSPS) is 10.9. The summed E-state index contributed by atoms with van der Waals surface area (Å²) in [5, 5.41) is 2.86. The van der Waals surface area contributed by atoms with E-state index in [1.165, 1.54) is 6.07 Å². The van der Waals surface area contributed by atoms with Crippen molar-refractivity contribution < 1.29 is 9.18 Å². The van der Waals surface area contributed by atoms with Crippen molar-refractivity contribution in [3.05, 3.63) is 83.6 Å². The first kappa shape index (κ1) is 16.9. The van der Waals surface area contributed by atoms with E-state index in [-0.39, 0.29) is 11.5 Å². The van der Waals surface area contributed by atoms with Crippen LogP contribution in [0.2, 0.25) is 0 Å². The van der Waals surface area contributed by atoms with E-state index >= 15 is 0 Å². The quantitative estimate of drug-likeness (QED) is 0.589. The molecule has 0 aliphatic rings. The molecule has 0 aliphatic heterocycles. The molecule has 0 unspecified atom stereocenters. The van der Waals surface area contributed by atoms with Gasteiger partial charge in [-0.05, 0) is 49.2 Å². The van der Waals surface area contributed by atoms with Crippen LogP contribution in [0.25, 0.3) is 17.0 Å². The Morgan fingerprint density at radius 3 is 2.70 bits per heavy atom. The molecule has 0 saturated carbocycles. The van der Waals surface area contributed by atoms with Gasteiger partial charge in [0.15, 0.2) is 0 Å². The summed E-state index contributed by atoms with van der Waals surface area (Å²) >= 11 is 0. The first-order valence-electron chi connectivity index (χ1n) is 8.49. The molecule has 1 amide bonds. The van der Waals surface area contributed by atoms with Crippen LogP contribution in [0.15, 0.2) is 61.1 Å². The summed E-state index contributed by atoms with van der Waals surface area (Å²) in [6.07, 6.45) is 5.45. The molecule has 0 saturated heterocycles. The number of aryl methyl sites for hydroxylation is 2. The van der Waals surface area contributed by atoms with Crippen LogP contribution in [-0.2, 0) is 0 Å². The van der Waals surface area contributed by atoms with Crippen molar-refractivity contribution in [2.45, 2.75) is 13.8 Å². The van der Waals surface area contributed by atoms with Gasteiger partial charge in [-0.15, -0.1) is 0 Å². The van der Waals surface area contributed by atoms with Gasteiger partial charge in [0.2, 0.25) is 5.78 Å². The van der Waals surface area contributed by atoms with Crippen LogP contribution in [0.4, 0.5) is 10.1 Å². The number of carbonyl (C=O) groups excluding carboxylic acids is 1. The first-order chi connectivity index (χ1) is 13.0. The van der Waals surface area contributed by atoms with Gasteiger partial charge in [0, 0.05) is 35.4 Å². The summed E-state index contributed by atoms with van der Waals surface area (Å²) in [5.74, 6) is -0.148. The largest absolute Gasteiger partial charge is 0.322 e. The minimum absolute atomic E-state index is 0.278. The smallest absolute Gasteiger partial charge is 0.255 e. The van der Waals surface area contributed by atoms with Gasteiger partial charge in [0.1, 0.15) is 5.82 Å². The number of nitrogens with zero attached hydrogens (tertiary/aromatic N) is 3. The predicted octanol–water partition coefficient (Wildman–Crippen LogP) is 4.40. The standard InChI is InChI=1S/C21H17FN4O/c1-13-4-7-16(10-17(13)22)20(27)24-18-11-15(6-5-14(18)2)19-12-26-9-3-8-23-21(26)25-19/h3-12H,1-2H3,(H,24,27). The average Bonchev–Trinajstić information content (AvgIpc) is 3.10. The van der Waals surface area contributed by atoms with Gasteiger partial charge < -0.3 is 5.32 Å². The van der Waals surface area contributed by atoms with E-state index in [0.717, 1.165) is 16.8 Å². The number of anilines is 1. The fourth-order valence-electron chi connectivity index (χ4n) is 2.81. The molecule has 0 bridgehead atoms. The third kappa shape index (κ3) is 3.29. The van der Waals surface area contributed by atoms with E-state index in [2.05, 4.69) is 15.3 Å². The van der Waals surface area contributed by atoms with E-state index in [4.69, 9.17) is 0 Å². The van der Waals surface area contributed by atoms with Crippen molar-refractivity contribution in [1.82, 2.24) is 14.4 Å². The number of amides is 1. The molecule has 4 rings (SSSR count). The van der Waals surface area contributed by atoms with Gasteiger partial charge in [0.25, 0.3) is 5.91 Å². The Bertz CT molecular complexity index is 1130. The molecule has 2 aromatic heterocycles. The summed E-state index contributed by atoms with van der Waals surface area (Å²) in [5.41, 5.74) is 3.96. The second-order valence-corrected chi connectivity index (χ2v) is 6.40. The molecular formula is C21H17FN4O. The lowest BCUT2D eigenvalue weighted by Crippen LogP contribution is -2.13. The fourth-order valence-corrected chi connectivity index (χ4v) is 2.81. The number of imidazole rings is 1. The van der Waals surface area contributed by atoms with Gasteiger partial charge in [-0.2, -0.15) is 0 Å². The second-order valence-electron chi connectivity index (χ2n) is 6.40. The SMILES string of the molecule is Cc1ccc(C(=O)Nc2cc(-c3cn4cccnc4n3)ccc2C)cc1F. The number of nitrogens with one attached hydrogen (secondary N) is 1. The Morgan fingerprint density at radius 2 is 1.93 bits per heavy atom. The van der Waals surface area contributed by atoms with Crippen LogP contribution in [0.1, 0.15) is 21.5 Å². The maximum absolute atomic E-state index is 13.7. The predicted molar refractivity (Wildman–Crippen MR) is 102 cm³/mol. The molecule has 5 nitrogen and oxygen atoms in total. The maximum Gasteiger partial charge on any atom is 0.255 e. The van der Waals surface area contributed by atoms with Crippen LogP contribution in [0.3, 0.4) is 0 Å². The Balaban J connectivity index is 1.66. The van der Waals surface area contributed by atoms with Crippen molar-refractivity contribution in [3.63, 3.8) is 0 Å². The second kappa shape index (κ2) is 6.64. The Morgan fingerprint density at radius 1 is 1.11 bits per heavy atom. The lowest BCUT2D eigenvalue weighted by atomic mass is 10.1. The van der Waals surface area contributed by atoms with Crippen LogP contribution in [0.5, 0.6) is 0 Å². The third-order valence-corrected chi connectivity index (χ3v) is 4.45. The molecule has 2 aromatic carbocycles. The zero-order valence-corrected chi connectivity index (χ0v) is 14.9. The molecule has 0 atom stereocenters. The minimum Gasteiger partial charge on any atom is -0.322 e. The number of benzene rings is 2. The molecular weight excluding hydrogens is 343 g/mol. The lowest BCUT2D eigenvalue weighted by Gasteiger charge is -2.10. The van der Waals surface area contributed by atoms with Crippen molar-refractivity contribution >= 4 is 17.4 Å². The molecule has 0 radical (unpaired) electrons. The number of rotatable bonds is 3. The zero-order valence-electron chi connectivity index (χ0n) is 14.9. The van der Waals surface area contributed by atoms with Crippen LogP contribution >= 0.6 is 0 Å². The molecule has 27 heavy (non-hydrogen) atoms. The number of fused-ring (bicyclic) bond motifs is 1. The van der Waals surface area contributed by atoms with Crippen molar-refractivity contribution in [2.75, 3.05) is 5.32 Å². The molecule has 0 aliphatic carbocycles. The van der Waals surface area contributed by atoms with Crippen molar-refractivity contribution in [3.8, 4) is 11.3 Å². The summed E-state index contributed by atoms with van der Waals surface area (Å²) in [6.45, 7) is 3.56. The summed E-state index contributed by atoms with van der Waals surface area (Å²) in [7, 11) is 0. The van der Waals surface area contributed by atoms with Crippen LogP contribution < -0.4 is 5.32 Å². The number of hydrogen-bond acceptors (Lipinski definition) is 3. The molecule has 2 heterocycles. The van der Waals surface area contributed by atoms with Crippen LogP contribution in [-0.4, -0.2) is 20.3 Å². The molecule has 0 fully saturated rings. The monoisotopic (exact) mass is 360 g/mol. The molecule has 4 aromatic rings. The van der Waals surface area contributed by atoms with E-state index in [0.29, 0.717) is 17.0 Å². The highest BCUT2D eigenvalue weighted by Crippen LogP contribution is 2.25. The number of aromatic nitrogens is 3. The van der Waals surface area contributed by atoms with E-state index in [1.54, 1.807) is 25.3 Å². The third-order valence-electron chi connectivity index (χ3n) is 4.45. The molecule has 1 N–H and O–H groups in total. The van der Waals surface area contributed by atoms with Crippen molar-refractivity contribution in [1.29, 1.82) is 0 Å². The molecule has 6 heteroatoms. The topological polar surface area (TPSA) is 59.3 Å². The summed E-state index contributed by atoms with van der Waals surface area (Å²) in [6, 6.07) is 12.0. The van der Waals surface area contributed by atoms with Crippen LogP contribution in [0, 0.1) is 19.7 Å². The van der Waals surface area contributed by atoms with Gasteiger partial charge in [0.05, 0.1) is 5.69 Å². The van der Waals surface area contributed by atoms with Gasteiger partial charge in [-0.1, -0.05) is 18.2 Å². The Kier molecular flexibility index (Phi) is 4.16. The van der Waals surface area contributed by atoms with E-state index < -0.39 is 5.82 Å². The van der Waals surface area contributed by atoms with Crippen molar-refractivity contribution in [2.24, 2.45) is 0 Å². The lowest BCUT2D eigenvalue weighted by molar-refractivity contribution is 0.102. The van der Waals surface area contributed by atoms with Gasteiger partial charge >= 0.3 is 0 Å². The fraction of sp³-hybridized carbons (Fsp3) is 0.0952. The Labute approximate surface area is 155 Å². The average molecular weight is 360 g/mol. The summed E-state index contributed by atoms with van der Waals surface area (Å²) in [4.78, 5) is 21.2. The maximum atomic E-state index is 13.7. The number of carbonyl (C=O) groups is 1. The van der Waals surface area contributed by atoms with Gasteiger partial charge in [-0.25, -0.2) is 14.4 Å². The number of halogens is 1. The minimum atomic E-state index is -0.398. The van der Waals surface area contributed by atoms with E-state index in [9.17, 15) is 9.18 Å². The van der Waals surface area contributed by atoms with E-state index in [1.807, 2.05) is 48.0 Å². The first-order valence-corrected chi connectivity index (χ1v) is 8.49. The highest BCUT2D eigenvalue weighted by atomic mass is 19.1. The number of hydrogen-bond donors (Lipinski definition) is 1.